The summed E-state index contributed by atoms with van der Waals surface area (Å²) in [5.41, 5.74) is 0.0101. The van der Waals surface area contributed by atoms with Crippen molar-refractivity contribution >= 4 is 23.4 Å². The molecule has 1 unspecified atom stereocenters. The minimum absolute atomic E-state index is 0.00993. The average molecular weight is 393 g/mol. The molecule has 0 bridgehead atoms. The van der Waals surface area contributed by atoms with Crippen LogP contribution in [0.4, 0.5) is 0 Å². The third kappa shape index (κ3) is 4.06. The number of fused-ring (bicyclic) bond motifs is 1. The molecule has 1 spiro atoms. The zero-order valence-corrected chi connectivity index (χ0v) is 16.0. The molecule has 7 heteroatoms. The number of hydrogen-bond donors (Lipinski definition) is 2. The second-order valence-corrected chi connectivity index (χ2v) is 8.20. The number of halogens is 1. The number of ether oxygens (including phenoxy) is 2. The molecule has 146 valence electrons. The van der Waals surface area contributed by atoms with Crippen molar-refractivity contribution in [1.82, 2.24) is 10.6 Å². The number of rotatable bonds is 3. The fourth-order valence-corrected chi connectivity index (χ4v) is 4.40. The molecule has 6 nitrogen and oxygen atoms in total. The number of carbonyl (C=O) groups is 2. The highest BCUT2D eigenvalue weighted by Gasteiger charge is 2.42. The Morgan fingerprint density at radius 1 is 1.30 bits per heavy atom. The van der Waals surface area contributed by atoms with Crippen LogP contribution in [0.25, 0.3) is 0 Å². The average Bonchev–Trinajstić information content (AvgIpc) is 3.16. The van der Waals surface area contributed by atoms with E-state index in [0.29, 0.717) is 29.4 Å². The Balaban J connectivity index is 1.37. The van der Waals surface area contributed by atoms with Crippen LogP contribution in [0.5, 0.6) is 5.75 Å². The Bertz CT molecular complexity index is 725. The summed E-state index contributed by atoms with van der Waals surface area (Å²) in [6.45, 7) is 1.84. The first-order valence-corrected chi connectivity index (χ1v) is 10.1. The van der Waals surface area contributed by atoms with Gasteiger partial charge in [0, 0.05) is 24.1 Å². The van der Waals surface area contributed by atoms with Gasteiger partial charge in [0.05, 0.1) is 18.2 Å². The lowest BCUT2D eigenvalue weighted by molar-refractivity contribution is -0.127. The Kier molecular flexibility index (Phi) is 5.28. The summed E-state index contributed by atoms with van der Waals surface area (Å²) in [4.78, 5) is 24.8. The maximum absolute atomic E-state index is 12.5. The van der Waals surface area contributed by atoms with Crippen LogP contribution in [-0.2, 0) is 9.53 Å². The van der Waals surface area contributed by atoms with Crippen molar-refractivity contribution in [2.24, 2.45) is 5.92 Å². The number of benzene rings is 1. The standard InChI is InChI=1S/C20H25ClN2O4/c21-14-3-4-17-16(10-14)19(25)23-12-20(27-17)7-5-13(6-8-20)18(24)22-11-15-2-1-9-26-15/h3-4,10,13,15H,1-2,5-9,11-12H2,(H,22,24)(H,23,25). The maximum Gasteiger partial charge on any atom is 0.255 e. The molecule has 2 amide bonds. The lowest BCUT2D eigenvalue weighted by Gasteiger charge is -2.39. The molecule has 1 saturated carbocycles. The highest BCUT2D eigenvalue weighted by Crippen LogP contribution is 2.38. The molecular weight excluding hydrogens is 368 g/mol. The predicted molar refractivity (Wildman–Crippen MR) is 101 cm³/mol. The van der Waals surface area contributed by atoms with E-state index < -0.39 is 5.60 Å². The zero-order chi connectivity index (χ0) is 18.9. The molecule has 1 aromatic carbocycles. The van der Waals surface area contributed by atoms with Crippen molar-refractivity contribution in [1.29, 1.82) is 0 Å². The molecule has 27 heavy (non-hydrogen) atoms. The van der Waals surface area contributed by atoms with Crippen molar-refractivity contribution in [2.75, 3.05) is 19.7 Å². The van der Waals surface area contributed by atoms with E-state index in [9.17, 15) is 9.59 Å². The second kappa shape index (κ2) is 7.68. The molecule has 3 aliphatic rings. The second-order valence-electron chi connectivity index (χ2n) is 7.76. The topological polar surface area (TPSA) is 76.7 Å². The third-order valence-corrected chi connectivity index (χ3v) is 6.11. The number of hydrogen-bond acceptors (Lipinski definition) is 4. The molecule has 1 saturated heterocycles. The summed E-state index contributed by atoms with van der Waals surface area (Å²) in [7, 11) is 0. The van der Waals surface area contributed by atoms with Crippen molar-refractivity contribution in [3.63, 3.8) is 0 Å². The van der Waals surface area contributed by atoms with Crippen LogP contribution in [0, 0.1) is 5.92 Å². The third-order valence-electron chi connectivity index (χ3n) is 5.88. The van der Waals surface area contributed by atoms with Gasteiger partial charge < -0.3 is 20.1 Å². The van der Waals surface area contributed by atoms with Gasteiger partial charge in [0.25, 0.3) is 5.91 Å². The maximum atomic E-state index is 12.5. The Morgan fingerprint density at radius 2 is 2.11 bits per heavy atom. The normalized spacial score (nSPS) is 30.2. The van der Waals surface area contributed by atoms with Crippen LogP contribution in [0.15, 0.2) is 18.2 Å². The summed E-state index contributed by atoms with van der Waals surface area (Å²) in [5, 5.41) is 6.50. The smallest absolute Gasteiger partial charge is 0.255 e. The molecule has 2 heterocycles. The van der Waals surface area contributed by atoms with E-state index in [2.05, 4.69) is 10.6 Å². The van der Waals surface area contributed by atoms with Gasteiger partial charge in [-0.3, -0.25) is 9.59 Å². The highest BCUT2D eigenvalue weighted by atomic mass is 35.5. The molecule has 0 radical (unpaired) electrons. The summed E-state index contributed by atoms with van der Waals surface area (Å²) >= 11 is 6.01. The molecule has 2 fully saturated rings. The van der Waals surface area contributed by atoms with Crippen LogP contribution in [0.2, 0.25) is 5.02 Å². The lowest BCUT2D eigenvalue weighted by Crippen LogP contribution is -2.49. The summed E-state index contributed by atoms with van der Waals surface area (Å²) < 4.78 is 11.8. The van der Waals surface area contributed by atoms with Gasteiger partial charge in [0.1, 0.15) is 11.4 Å². The van der Waals surface area contributed by atoms with E-state index >= 15 is 0 Å². The van der Waals surface area contributed by atoms with E-state index in [1.54, 1.807) is 18.2 Å². The summed E-state index contributed by atoms with van der Waals surface area (Å²) in [6.07, 6.45) is 5.20. The molecule has 1 atom stereocenters. The van der Waals surface area contributed by atoms with Crippen LogP contribution < -0.4 is 15.4 Å². The van der Waals surface area contributed by atoms with Gasteiger partial charge in [-0.2, -0.15) is 0 Å². The fourth-order valence-electron chi connectivity index (χ4n) is 4.22. The molecule has 0 aromatic heterocycles. The van der Waals surface area contributed by atoms with Crippen LogP contribution in [0.3, 0.4) is 0 Å². The first kappa shape index (κ1) is 18.6. The lowest BCUT2D eigenvalue weighted by atomic mass is 9.78. The zero-order valence-electron chi connectivity index (χ0n) is 15.3. The van der Waals surface area contributed by atoms with E-state index in [-0.39, 0.29) is 23.8 Å². The van der Waals surface area contributed by atoms with Crippen molar-refractivity contribution in [3.05, 3.63) is 28.8 Å². The van der Waals surface area contributed by atoms with E-state index in [1.165, 1.54) is 0 Å². The van der Waals surface area contributed by atoms with E-state index in [4.69, 9.17) is 21.1 Å². The van der Waals surface area contributed by atoms with Gasteiger partial charge in [-0.25, -0.2) is 0 Å². The SMILES string of the molecule is O=C1NCC2(CCC(C(=O)NCC3CCCO3)CC2)Oc2ccc(Cl)cc21. The minimum Gasteiger partial charge on any atom is -0.485 e. The number of nitrogens with one attached hydrogen (secondary N) is 2. The first-order valence-electron chi connectivity index (χ1n) is 9.71. The molecule has 2 aliphatic heterocycles. The summed E-state index contributed by atoms with van der Waals surface area (Å²) in [5.74, 6) is 0.492. The van der Waals surface area contributed by atoms with Crippen molar-refractivity contribution in [2.45, 2.75) is 50.2 Å². The van der Waals surface area contributed by atoms with E-state index in [0.717, 1.165) is 45.1 Å². The van der Waals surface area contributed by atoms with Crippen LogP contribution in [-0.4, -0.2) is 43.2 Å². The van der Waals surface area contributed by atoms with Gasteiger partial charge in [0.15, 0.2) is 0 Å². The minimum atomic E-state index is -0.458. The largest absolute Gasteiger partial charge is 0.485 e. The predicted octanol–water partition coefficient (Wildman–Crippen LogP) is 2.69. The highest BCUT2D eigenvalue weighted by molar-refractivity contribution is 6.31. The molecule has 2 N–H and O–H groups in total. The van der Waals surface area contributed by atoms with Gasteiger partial charge in [-0.1, -0.05) is 11.6 Å². The number of carbonyl (C=O) groups excluding carboxylic acids is 2. The number of amides is 2. The quantitative estimate of drug-likeness (QED) is 0.829. The molecular formula is C20H25ClN2O4. The van der Waals surface area contributed by atoms with Gasteiger partial charge in [-0.15, -0.1) is 0 Å². The fraction of sp³-hybridized carbons (Fsp3) is 0.600. The van der Waals surface area contributed by atoms with Crippen LogP contribution >= 0.6 is 11.6 Å². The Hall–Kier alpha value is -1.79. The van der Waals surface area contributed by atoms with Gasteiger partial charge in [-0.05, 0) is 56.7 Å². The molecule has 4 rings (SSSR count). The van der Waals surface area contributed by atoms with Gasteiger partial charge >= 0.3 is 0 Å². The Morgan fingerprint density at radius 3 is 2.85 bits per heavy atom. The van der Waals surface area contributed by atoms with Crippen molar-refractivity contribution < 1.29 is 19.1 Å². The summed E-state index contributed by atoms with van der Waals surface area (Å²) in [6, 6.07) is 5.12. The van der Waals surface area contributed by atoms with Gasteiger partial charge in [0.2, 0.25) is 5.91 Å². The molecule has 1 aromatic rings. The monoisotopic (exact) mass is 392 g/mol. The Labute approximate surface area is 163 Å². The van der Waals surface area contributed by atoms with E-state index in [1.807, 2.05) is 0 Å². The molecule has 1 aliphatic carbocycles. The first-order chi connectivity index (χ1) is 13.0. The van der Waals surface area contributed by atoms with Crippen LogP contribution in [0.1, 0.15) is 48.9 Å². The van der Waals surface area contributed by atoms with Crippen molar-refractivity contribution in [3.8, 4) is 5.75 Å².